The molecule has 3 heterocycles. The van der Waals surface area contributed by atoms with Crippen LogP contribution in [-0.2, 0) is 14.4 Å². The highest BCUT2D eigenvalue weighted by atomic mass is 32.1. The number of carboxylic acids is 1. The molecule has 34 heavy (non-hydrogen) atoms. The van der Waals surface area contributed by atoms with E-state index in [9.17, 15) is 24.3 Å². The number of aliphatic carboxylic acids is 1. The number of fused-ring (bicyclic) bond motifs is 2. The molecule has 0 unspecified atom stereocenters. The van der Waals surface area contributed by atoms with Crippen molar-refractivity contribution in [3.05, 3.63) is 41.3 Å². The SMILES string of the molecule is O=C([O-])CC1(CC(=O)N2CCN3C(=O)c4cc(-c5cccs5)ccc4NC(=O)[C@@H]3C2)CCCC1. The maximum absolute atomic E-state index is 13.4. The first-order chi connectivity index (χ1) is 16.3. The van der Waals surface area contributed by atoms with Gasteiger partial charge in [-0.25, -0.2) is 0 Å². The average Bonchev–Trinajstić information content (AvgIpc) is 3.49. The number of carbonyl (C=O) groups excluding carboxylic acids is 4. The molecule has 1 aromatic heterocycles. The molecule has 0 bridgehead atoms. The standard InChI is InChI=1S/C25H27N3O5S/c29-21(13-25(14-22(30)31)7-1-2-8-25)27-9-10-28-19(15-27)23(32)26-18-6-5-16(12-17(18)24(28)33)20-4-3-11-34-20/h3-6,11-12,19H,1-2,7-10,13-15H2,(H,26,32)(H,30,31)/p-1/t19-/m0/s1. The number of carbonyl (C=O) groups is 4. The lowest BCUT2D eigenvalue weighted by Crippen LogP contribution is -2.59. The first kappa shape index (κ1) is 22.6. The van der Waals surface area contributed by atoms with Crippen molar-refractivity contribution in [1.82, 2.24) is 9.80 Å². The summed E-state index contributed by atoms with van der Waals surface area (Å²) >= 11 is 1.58. The van der Waals surface area contributed by atoms with Crippen LogP contribution in [0.15, 0.2) is 35.7 Å². The number of carboxylic acid groups (broad SMARTS) is 1. The van der Waals surface area contributed by atoms with Crippen molar-refractivity contribution in [3.63, 3.8) is 0 Å². The fourth-order valence-corrected chi connectivity index (χ4v) is 6.28. The van der Waals surface area contributed by atoms with E-state index in [1.165, 1.54) is 0 Å². The molecule has 0 radical (unpaired) electrons. The van der Waals surface area contributed by atoms with Gasteiger partial charge in [-0.3, -0.25) is 14.4 Å². The van der Waals surface area contributed by atoms with Crippen LogP contribution in [0.25, 0.3) is 10.4 Å². The zero-order valence-electron chi connectivity index (χ0n) is 18.7. The minimum atomic E-state index is -1.13. The molecule has 2 aromatic rings. The quantitative estimate of drug-likeness (QED) is 0.705. The number of anilines is 1. The van der Waals surface area contributed by atoms with Crippen molar-refractivity contribution in [2.75, 3.05) is 25.0 Å². The van der Waals surface area contributed by atoms with E-state index in [0.717, 1.165) is 23.3 Å². The van der Waals surface area contributed by atoms with Gasteiger partial charge in [0.25, 0.3) is 5.91 Å². The highest BCUT2D eigenvalue weighted by Gasteiger charge is 2.43. The molecule has 1 saturated heterocycles. The van der Waals surface area contributed by atoms with Gasteiger partial charge < -0.3 is 25.0 Å². The van der Waals surface area contributed by atoms with Crippen molar-refractivity contribution in [1.29, 1.82) is 0 Å². The van der Waals surface area contributed by atoms with Gasteiger partial charge >= 0.3 is 0 Å². The third-order valence-corrected chi connectivity index (χ3v) is 8.24. The molecule has 3 amide bonds. The molecular weight excluding hydrogens is 454 g/mol. The number of amides is 3. The summed E-state index contributed by atoms with van der Waals surface area (Å²) in [6.45, 7) is 0.665. The number of nitrogens with zero attached hydrogens (tertiary/aromatic N) is 2. The number of hydrogen-bond donors (Lipinski definition) is 1. The Morgan fingerprint density at radius 1 is 1.12 bits per heavy atom. The lowest BCUT2D eigenvalue weighted by atomic mass is 9.79. The molecule has 1 aromatic carbocycles. The molecule has 1 atom stereocenters. The predicted octanol–water partition coefficient (Wildman–Crippen LogP) is 2.11. The first-order valence-electron chi connectivity index (χ1n) is 11.6. The molecule has 1 aliphatic carbocycles. The Labute approximate surface area is 201 Å². The Bertz CT molecular complexity index is 1140. The van der Waals surface area contributed by atoms with Gasteiger partial charge in [-0.1, -0.05) is 25.0 Å². The van der Waals surface area contributed by atoms with Crippen molar-refractivity contribution < 1.29 is 24.3 Å². The van der Waals surface area contributed by atoms with Gasteiger partial charge in [-0.2, -0.15) is 0 Å². The zero-order chi connectivity index (χ0) is 23.9. The van der Waals surface area contributed by atoms with E-state index in [1.54, 1.807) is 27.2 Å². The normalized spacial score (nSPS) is 21.5. The summed E-state index contributed by atoms with van der Waals surface area (Å²) in [5.41, 5.74) is 1.27. The first-order valence-corrected chi connectivity index (χ1v) is 12.5. The number of rotatable bonds is 5. The molecule has 3 aliphatic rings. The molecule has 0 spiro atoms. The van der Waals surface area contributed by atoms with Gasteiger partial charge in [0.1, 0.15) is 6.04 Å². The fourth-order valence-electron chi connectivity index (χ4n) is 5.55. The highest BCUT2D eigenvalue weighted by molar-refractivity contribution is 7.13. The molecule has 5 rings (SSSR count). The molecule has 178 valence electrons. The molecule has 1 N–H and O–H groups in total. The van der Waals surface area contributed by atoms with Crippen LogP contribution >= 0.6 is 11.3 Å². The minimum absolute atomic E-state index is 0.101. The van der Waals surface area contributed by atoms with Gasteiger partial charge in [-0.15, -0.1) is 11.3 Å². The Hall–Kier alpha value is -3.20. The number of nitrogens with one attached hydrogen (secondary N) is 1. The molecule has 2 fully saturated rings. The summed E-state index contributed by atoms with van der Waals surface area (Å²) in [7, 11) is 0. The monoisotopic (exact) mass is 480 g/mol. The average molecular weight is 481 g/mol. The van der Waals surface area contributed by atoms with E-state index in [-0.39, 0.29) is 43.7 Å². The van der Waals surface area contributed by atoms with Gasteiger partial charge in [0.2, 0.25) is 11.8 Å². The predicted molar refractivity (Wildman–Crippen MR) is 125 cm³/mol. The summed E-state index contributed by atoms with van der Waals surface area (Å²) in [5.74, 6) is -1.84. The van der Waals surface area contributed by atoms with E-state index < -0.39 is 17.4 Å². The topological polar surface area (TPSA) is 110 Å². The largest absolute Gasteiger partial charge is 0.550 e. The molecule has 1 saturated carbocycles. The Morgan fingerprint density at radius 3 is 2.62 bits per heavy atom. The van der Waals surface area contributed by atoms with Crippen LogP contribution in [0.1, 0.15) is 48.9 Å². The number of benzene rings is 1. The maximum Gasteiger partial charge on any atom is 0.256 e. The van der Waals surface area contributed by atoms with E-state index in [0.29, 0.717) is 30.6 Å². The van der Waals surface area contributed by atoms with Crippen LogP contribution in [-0.4, -0.2) is 59.2 Å². The van der Waals surface area contributed by atoms with E-state index >= 15 is 0 Å². The van der Waals surface area contributed by atoms with E-state index in [1.807, 2.05) is 29.6 Å². The van der Waals surface area contributed by atoms with Gasteiger partial charge in [0.05, 0.1) is 17.8 Å². The molecule has 2 aliphatic heterocycles. The van der Waals surface area contributed by atoms with Crippen LogP contribution in [0.4, 0.5) is 5.69 Å². The van der Waals surface area contributed by atoms with Crippen LogP contribution in [0.2, 0.25) is 0 Å². The van der Waals surface area contributed by atoms with Gasteiger partial charge in [-0.05, 0) is 53.8 Å². The highest BCUT2D eigenvalue weighted by Crippen LogP contribution is 2.44. The summed E-state index contributed by atoms with van der Waals surface area (Å²) in [6.07, 6.45) is 3.20. The number of piperazine rings is 1. The second kappa shape index (κ2) is 8.87. The van der Waals surface area contributed by atoms with Crippen LogP contribution in [0.3, 0.4) is 0 Å². The Balaban J connectivity index is 1.34. The smallest absolute Gasteiger partial charge is 0.256 e. The lowest BCUT2D eigenvalue weighted by molar-refractivity contribution is -0.308. The van der Waals surface area contributed by atoms with Crippen LogP contribution in [0.5, 0.6) is 0 Å². The van der Waals surface area contributed by atoms with Gasteiger partial charge in [0.15, 0.2) is 0 Å². The van der Waals surface area contributed by atoms with Crippen molar-refractivity contribution >= 4 is 40.7 Å². The molecule has 9 heteroatoms. The summed E-state index contributed by atoms with van der Waals surface area (Å²) in [5, 5.41) is 16.1. The second-order valence-electron chi connectivity index (χ2n) is 9.51. The second-order valence-corrected chi connectivity index (χ2v) is 10.5. The summed E-state index contributed by atoms with van der Waals surface area (Å²) < 4.78 is 0. The van der Waals surface area contributed by atoms with E-state index in [2.05, 4.69) is 5.32 Å². The van der Waals surface area contributed by atoms with Crippen molar-refractivity contribution in [3.8, 4) is 10.4 Å². The Kier molecular flexibility index (Phi) is 5.89. The van der Waals surface area contributed by atoms with Crippen LogP contribution in [0, 0.1) is 5.41 Å². The number of thiophene rings is 1. The fraction of sp³-hybridized carbons (Fsp3) is 0.440. The van der Waals surface area contributed by atoms with Gasteiger partial charge in [0, 0.05) is 30.4 Å². The van der Waals surface area contributed by atoms with Crippen LogP contribution < -0.4 is 10.4 Å². The summed E-state index contributed by atoms with van der Waals surface area (Å²) in [4.78, 5) is 55.1. The lowest BCUT2D eigenvalue weighted by Gasteiger charge is -2.40. The maximum atomic E-state index is 13.4. The Morgan fingerprint density at radius 2 is 1.91 bits per heavy atom. The third-order valence-electron chi connectivity index (χ3n) is 7.32. The van der Waals surface area contributed by atoms with E-state index in [4.69, 9.17) is 0 Å². The van der Waals surface area contributed by atoms with Crippen molar-refractivity contribution in [2.45, 2.75) is 44.6 Å². The number of hydrogen-bond acceptors (Lipinski definition) is 6. The summed E-state index contributed by atoms with van der Waals surface area (Å²) in [6, 6.07) is 8.60. The zero-order valence-corrected chi connectivity index (χ0v) is 19.6. The van der Waals surface area contributed by atoms with Crippen molar-refractivity contribution in [2.24, 2.45) is 5.41 Å². The third kappa shape index (κ3) is 4.20. The minimum Gasteiger partial charge on any atom is -0.550 e. The molecule has 8 nitrogen and oxygen atoms in total. The molecular formula is C25H26N3O5S-.